The number of pyridine rings is 1. The van der Waals surface area contributed by atoms with E-state index in [0.29, 0.717) is 30.4 Å². The van der Waals surface area contributed by atoms with Crippen molar-refractivity contribution in [2.75, 3.05) is 17.2 Å². The minimum Gasteiger partial charge on any atom is -0.367 e. The number of H-pyrrole nitrogens is 1. The number of nitriles is 1. The normalized spacial score (nSPS) is 23.4. The van der Waals surface area contributed by atoms with Gasteiger partial charge in [-0.3, -0.25) is 10.00 Å². The minimum atomic E-state index is 0.347. The first-order valence-corrected chi connectivity index (χ1v) is 10.5. The second-order valence-corrected chi connectivity index (χ2v) is 8.22. The molecule has 2 unspecified atom stereocenters. The van der Waals surface area contributed by atoms with Crippen molar-refractivity contribution >= 4 is 28.4 Å². The van der Waals surface area contributed by atoms with Crippen LogP contribution in [0.3, 0.4) is 0 Å². The molecule has 9 heteroatoms. The molecule has 0 aliphatic carbocycles. The molecule has 2 saturated heterocycles. The van der Waals surface area contributed by atoms with Gasteiger partial charge < -0.3 is 10.6 Å². The van der Waals surface area contributed by atoms with Crippen LogP contribution in [0.25, 0.3) is 10.9 Å². The Balaban J connectivity index is 1.38. The van der Waals surface area contributed by atoms with Gasteiger partial charge in [0.15, 0.2) is 5.82 Å². The summed E-state index contributed by atoms with van der Waals surface area (Å²) in [5.74, 6) is 2.23. The van der Waals surface area contributed by atoms with Gasteiger partial charge in [0.25, 0.3) is 0 Å². The van der Waals surface area contributed by atoms with Crippen molar-refractivity contribution in [1.29, 1.82) is 5.26 Å². The highest BCUT2D eigenvalue weighted by atomic mass is 15.2. The van der Waals surface area contributed by atoms with Gasteiger partial charge in [0, 0.05) is 55.1 Å². The molecule has 2 fully saturated rings. The van der Waals surface area contributed by atoms with E-state index >= 15 is 0 Å². The molecule has 2 bridgehead atoms. The maximum atomic E-state index is 8.95. The maximum absolute atomic E-state index is 8.95. The highest BCUT2D eigenvalue weighted by molar-refractivity contribution is 5.90. The molecule has 2 atom stereocenters. The first kappa shape index (κ1) is 18.8. The van der Waals surface area contributed by atoms with Crippen LogP contribution in [-0.2, 0) is 0 Å². The Hall–Kier alpha value is -3.25. The monoisotopic (exact) mass is 403 g/mol. The van der Waals surface area contributed by atoms with Gasteiger partial charge in [-0.05, 0) is 32.6 Å². The average molecular weight is 403 g/mol. The zero-order valence-electron chi connectivity index (χ0n) is 17.0. The van der Waals surface area contributed by atoms with Crippen LogP contribution in [0.1, 0.15) is 37.8 Å². The Labute approximate surface area is 174 Å². The van der Waals surface area contributed by atoms with Crippen molar-refractivity contribution in [3.63, 3.8) is 0 Å². The van der Waals surface area contributed by atoms with E-state index in [1.807, 2.05) is 25.3 Å². The lowest BCUT2D eigenvalue weighted by atomic mass is 9.97. The third kappa shape index (κ3) is 3.66. The van der Waals surface area contributed by atoms with Gasteiger partial charge in [0.1, 0.15) is 18.0 Å². The topological polar surface area (TPSA) is 118 Å². The molecule has 0 aromatic carbocycles. The van der Waals surface area contributed by atoms with E-state index in [0.717, 1.165) is 47.6 Å². The number of fused-ring (bicyclic) bond motifs is 3. The zero-order valence-corrected chi connectivity index (χ0v) is 17.0. The van der Waals surface area contributed by atoms with E-state index in [9.17, 15) is 0 Å². The van der Waals surface area contributed by atoms with Gasteiger partial charge in [-0.1, -0.05) is 0 Å². The van der Waals surface area contributed by atoms with Crippen LogP contribution in [0.15, 0.2) is 24.7 Å². The molecular weight excluding hydrogens is 378 g/mol. The predicted molar refractivity (Wildman–Crippen MR) is 114 cm³/mol. The van der Waals surface area contributed by atoms with Crippen molar-refractivity contribution in [1.82, 2.24) is 30.0 Å². The maximum Gasteiger partial charge on any atom is 0.153 e. The molecule has 3 N–H and O–H groups in total. The summed E-state index contributed by atoms with van der Waals surface area (Å²) >= 11 is 0. The predicted octanol–water partition coefficient (Wildman–Crippen LogP) is 3.12. The number of hydrogen-bond donors (Lipinski definition) is 3. The summed E-state index contributed by atoms with van der Waals surface area (Å²) in [6.07, 6.45) is 8.54. The summed E-state index contributed by atoms with van der Waals surface area (Å²) in [5.41, 5.74) is 1.82. The Morgan fingerprint density at radius 2 is 2.07 bits per heavy atom. The third-order valence-electron chi connectivity index (χ3n) is 6.17. The van der Waals surface area contributed by atoms with Gasteiger partial charge in [-0.2, -0.15) is 10.4 Å². The number of rotatable bonds is 6. The minimum absolute atomic E-state index is 0.347. The average Bonchev–Trinajstić information content (AvgIpc) is 3.25. The van der Waals surface area contributed by atoms with Crippen molar-refractivity contribution < 1.29 is 0 Å². The molecule has 3 aromatic heterocycles. The van der Waals surface area contributed by atoms with Crippen LogP contribution < -0.4 is 10.6 Å². The number of aryl methyl sites for hydroxylation is 1. The lowest BCUT2D eigenvalue weighted by Gasteiger charge is -2.39. The third-order valence-corrected chi connectivity index (χ3v) is 6.17. The number of nitrogens with zero attached hydrogens (tertiary/aromatic N) is 6. The second-order valence-electron chi connectivity index (χ2n) is 8.22. The van der Waals surface area contributed by atoms with Gasteiger partial charge in [-0.25, -0.2) is 15.0 Å². The van der Waals surface area contributed by atoms with E-state index in [-0.39, 0.29) is 0 Å². The molecule has 2 aliphatic heterocycles. The smallest absolute Gasteiger partial charge is 0.153 e. The molecule has 0 amide bonds. The Kier molecular flexibility index (Phi) is 4.93. The van der Waals surface area contributed by atoms with Crippen LogP contribution >= 0.6 is 0 Å². The number of aromatic amines is 1. The van der Waals surface area contributed by atoms with Gasteiger partial charge >= 0.3 is 0 Å². The lowest BCUT2D eigenvalue weighted by molar-refractivity contribution is 0.136. The van der Waals surface area contributed by atoms with E-state index in [1.54, 1.807) is 6.33 Å². The van der Waals surface area contributed by atoms with Crippen LogP contribution in [0.5, 0.6) is 0 Å². The van der Waals surface area contributed by atoms with Crippen molar-refractivity contribution in [3.05, 3.63) is 30.4 Å². The quantitative estimate of drug-likeness (QED) is 0.574. The van der Waals surface area contributed by atoms with E-state index in [4.69, 9.17) is 10.2 Å². The first-order chi connectivity index (χ1) is 14.7. The second kappa shape index (κ2) is 7.88. The highest BCUT2D eigenvalue weighted by Gasteiger charge is 2.40. The molecule has 30 heavy (non-hydrogen) atoms. The van der Waals surface area contributed by atoms with Crippen LogP contribution in [0, 0.1) is 18.3 Å². The number of nitrogens with one attached hydrogen (secondary N) is 3. The Morgan fingerprint density at radius 1 is 1.23 bits per heavy atom. The summed E-state index contributed by atoms with van der Waals surface area (Å²) in [7, 11) is 0. The van der Waals surface area contributed by atoms with Crippen molar-refractivity contribution in [3.8, 4) is 6.07 Å². The summed E-state index contributed by atoms with van der Waals surface area (Å²) < 4.78 is 0. The van der Waals surface area contributed by atoms with Crippen LogP contribution in [0.4, 0.5) is 17.5 Å². The fraction of sp³-hybridized carbons (Fsp3) is 0.476. The molecule has 9 nitrogen and oxygen atoms in total. The molecule has 0 spiro atoms. The highest BCUT2D eigenvalue weighted by Crippen LogP contribution is 2.37. The number of piperidine rings is 1. The standard InChI is InChI=1S/C21H25N9/c1-13-7-20(29-28-13)26-19-10-18-17(11-23-12-24-18)21(27-19)25-14-8-15-3-4-16(9-14)30(15)6-2-5-22/h7,10-12,14-16H,2-4,6,8-9H2,1H3,(H3,25,26,27,28,29). The number of aromatic nitrogens is 5. The molecule has 5 rings (SSSR count). The lowest BCUT2D eigenvalue weighted by Crippen LogP contribution is -2.47. The SMILES string of the molecule is Cc1cc(Nc2cc3ncncc3c(NC3CC4CCC(C3)N4CCC#N)n2)n[nH]1. The van der Waals surface area contributed by atoms with Gasteiger partial charge in [0.05, 0.1) is 17.0 Å². The fourth-order valence-electron chi connectivity index (χ4n) is 4.90. The molecule has 5 heterocycles. The summed E-state index contributed by atoms with van der Waals surface area (Å²) in [6.45, 7) is 2.85. The number of anilines is 3. The Bertz CT molecular complexity index is 1070. The first-order valence-electron chi connectivity index (χ1n) is 10.5. The molecule has 2 aliphatic rings. The Morgan fingerprint density at radius 3 is 2.80 bits per heavy atom. The molecule has 154 valence electrons. The van der Waals surface area contributed by atoms with E-state index < -0.39 is 0 Å². The molecular formula is C21H25N9. The summed E-state index contributed by atoms with van der Waals surface area (Å²) in [4.78, 5) is 16.0. The summed E-state index contributed by atoms with van der Waals surface area (Å²) in [6, 6.07) is 7.58. The van der Waals surface area contributed by atoms with Crippen molar-refractivity contribution in [2.45, 2.75) is 57.2 Å². The fourth-order valence-corrected chi connectivity index (χ4v) is 4.90. The van der Waals surface area contributed by atoms with E-state index in [1.165, 1.54) is 12.8 Å². The largest absolute Gasteiger partial charge is 0.367 e. The zero-order chi connectivity index (χ0) is 20.5. The van der Waals surface area contributed by atoms with Crippen LogP contribution in [0.2, 0.25) is 0 Å². The molecule has 3 aromatic rings. The van der Waals surface area contributed by atoms with Crippen molar-refractivity contribution in [2.24, 2.45) is 0 Å². The molecule has 0 radical (unpaired) electrons. The molecule has 0 saturated carbocycles. The van der Waals surface area contributed by atoms with Gasteiger partial charge in [0.2, 0.25) is 0 Å². The summed E-state index contributed by atoms with van der Waals surface area (Å²) in [5, 5.41) is 24.0. The van der Waals surface area contributed by atoms with Crippen LogP contribution in [-0.4, -0.2) is 54.7 Å². The van der Waals surface area contributed by atoms with Gasteiger partial charge in [-0.15, -0.1) is 0 Å². The number of hydrogen-bond acceptors (Lipinski definition) is 8. The van der Waals surface area contributed by atoms with E-state index in [2.05, 4.69) is 41.8 Å².